The molecule has 1 atom stereocenters. The van der Waals surface area contributed by atoms with Gasteiger partial charge < -0.3 is 10.0 Å². The summed E-state index contributed by atoms with van der Waals surface area (Å²) in [4.78, 5) is 16.3. The minimum atomic E-state index is -0.348. The molecule has 0 radical (unpaired) electrons. The summed E-state index contributed by atoms with van der Waals surface area (Å²) in [5.41, 5.74) is 0.447. The molecule has 1 aliphatic heterocycles. The normalized spacial score (nSPS) is 18.1. The Kier molecular flexibility index (Phi) is 5.27. The van der Waals surface area contributed by atoms with Gasteiger partial charge in [0.15, 0.2) is 0 Å². The largest absolute Gasteiger partial charge is 0.392 e. The molecule has 1 N–H and O–H groups in total. The van der Waals surface area contributed by atoms with E-state index in [2.05, 4.69) is 4.90 Å². The number of hydrogen-bond donors (Lipinski definition) is 1. The lowest BCUT2D eigenvalue weighted by atomic mass is 10.1. The number of amides is 1. The molecule has 1 aromatic carbocycles. The van der Waals surface area contributed by atoms with Crippen molar-refractivity contribution in [3.05, 3.63) is 33.8 Å². The Labute approximate surface area is 128 Å². The smallest absolute Gasteiger partial charge is 0.255 e. The zero-order chi connectivity index (χ0) is 14.7. The van der Waals surface area contributed by atoms with Crippen molar-refractivity contribution in [3.8, 4) is 0 Å². The molecule has 6 heteroatoms. The number of nitrogens with zero attached hydrogens (tertiary/aromatic N) is 2. The van der Waals surface area contributed by atoms with E-state index in [0.29, 0.717) is 35.2 Å². The average molecular weight is 317 g/mol. The van der Waals surface area contributed by atoms with E-state index in [1.165, 1.54) is 0 Å². The third-order valence-corrected chi connectivity index (χ3v) is 3.91. The molecule has 0 aromatic heterocycles. The number of rotatable bonds is 3. The fourth-order valence-corrected chi connectivity index (χ4v) is 2.71. The van der Waals surface area contributed by atoms with Crippen LogP contribution in [0.15, 0.2) is 18.2 Å². The Morgan fingerprint density at radius 3 is 2.55 bits per heavy atom. The highest BCUT2D eigenvalue weighted by Crippen LogP contribution is 2.22. The summed E-state index contributed by atoms with van der Waals surface area (Å²) in [6.45, 7) is 5.19. The number of β-amino-alcohol motifs (C(OH)–C–C–N with tert-alkyl or cyclic N) is 1. The van der Waals surface area contributed by atoms with Gasteiger partial charge in [0.25, 0.3) is 5.91 Å². The third kappa shape index (κ3) is 3.85. The first-order valence-corrected chi connectivity index (χ1v) is 7.37. The first-order chi connectivity index (χ1) is 9.47. The zero-order valence-corrected chi connectivity index (χ0v) is 12.9. The van der Waals surface area contributed by atoms with Crippen molar-refractivity contribution < 1.29 is 9.90 Å². The third-order valence-electron chi connectivity index (χ3n) is 3.34. The van der Waals surface area contributed by atoms with Gasteiger partial charge in [-0.3, -0.25) is 9.69 Å². The Hall–Kier alpha value is -0.810. The summed E-state index contributed by atoms with van der Waals surface area (Å²) in [5, 5.41) is 10.3. The number of halogens is 2. The fraction of sp³-hybridized carbons (Fsp3) is 0.500. The monoisotopic (exact) mass is 316 g/mol. The molecule has 0 spiro atoms. The van der Waals surface area contributed by atoms with Gasteiger partial charge in [0.05, 0.1) is 16.7 Å². The molecule has 1 aliphatic rings. The van der Waals surface area contributed by atoms with Gasteiger partial charge in [-0.25, -0.2) is 0 Å². The average Bonchev–Trinajstić information content (AvgIpc) is 2.41. The van der Waals surface area contributed by atoms with Crippen LogP contribution in [0.1, 0.15) is 17.3 Å². The van der Waals surface area contributed by atoms with Crippen LogP contribution in [0.5, 0.6) is 0 Å². The summed E-state index contributed by atoms with van der Waals surface area (Å²) >= 11 is 12.0. The zero-order valence-electron chi connectivity index (χ0n) is 11.4. The maximum absolute atomic E-state index is 12.4. The van der Waals surface area contributed by atoms with Crippen LogP contribution in [0, 0.1) is 0 Å². The Bertz CT molecular complexity index is 486. The minimum Gasteiger partial charge on any atom is -0.392 e. The lowest BCUT2D eigenvalue weighted by Crippen LogP contribution is -2.50. The van der Waals surface area contributed by atoms with Crippen LogP contribution < -0.4 is 0 Å². The summed E-state index contributed by atoms with van der Waals surface area (Å²) < 4.78 is 0. The van der Waals surface area contributed by atoms with Crippen LogP contribution in [-0.4, -0.2) is 59.6 Å². The molecule has 2 rings (SSSR count). The van der Waals surface area contributed by atoms with E-state index in [-0.39, 0.29) is 12.0 Å². The first-order valence-electron chi connectivity index (χ1n) is 6.62. The molecule has 1 aromatic rings. The van der Waals surface area contributed by atoms with Crippen LogP contribution in [0.3, 0.4) is 0 Å². The summed E-state index contributed by atoms with van der Waals surface area (Å²) in [5.74, 6) is -0.0887. The quantitative estimate of drug-likeness (QED) is 0.929. The van der Waals surface area contributed by atoms with Crippen molar-refractivity contribution >= 4 is 29.1 Å². The van der Waals surface area contributed by atoms with Crippen molar-refractivity contribution in [3.63, 3.8) is 0 Å². The van der Waals surface area contributed by atoms with Crippen LogP contribution >= 0.6 is 23.2 Å². The first kappa shape index (κ1) is 15.6. The summed E-state index contributed by atoms with van der Waals surface area (Å²) in [6, 6.07) is 4.91. The molecule has 110 valence electrons. The standard InChI is InChI=1S/C14H18Cl2N2O2/c1-10(19)9-17-4-6-18(7-5-17)14(20)12-8-11(15)2-3-13(12)16/h2-3,8,10,19H,4-7,9H2,1H3. The lowest BCUT2D eigenvalue weighted by molar-refractivity contribution is 0.0554. The molecule has 1 fully saturated rings. The molecule has 0 bridgehead atoms. The molecule has 0 aliphatic carbocycles. The summed E-state index contributed by atoms with van der Waals surface area (Å²) in [6.07, 6.45) is -0.348. The molecule has 4 nitrogen and oxygen atoms in total. The second kappa shape index (κ2) is 6.76. The van der Waals surface area contributed by atoms with Crippen LogP contribution in [0.25, 0.3) is 0 Å². The van der Waals surface area contributed by atoms with Gasteiger partial charge in [0, 0.05) is 37.7 Å². The van der Waals surface area contributed by atoms with Gasteiger partial charge >= 0.3 is 0 Å². The van der Waals surface area contributed by atoms with Crippen LogP contribution in [-0.2, 0) is 0 Å². The van der Waals surface area contributed by atoms with E-state index >= 15 is 0 Å². The minimum absolute atomic E-state index is 0.0887. The number of aliphatic hydroxyl groups is 1. The van der Waals surface area contributed by atoms with Gasteiger partial charge in [-0.05, 0) is 25.1 Å². The highest BCUT2D eigenvalue weighted by atomic mass is 35.5. The van der Waals surface area contributed by atoms with E-state index < -0.39 is 0 Å². The Balaban J connectivity index is 2.00. The second-order valence-electron chi connectivity index (χ2n) is 5.07. The van der Waals surface area contributed by atoms with E-state index in [4.69, 9.17) is 23.2 Å². The molecule has 1 unspecified atom stereocenters. The predicted molar refractivity (Wildman–Crippen MR) is 80.5 cm³/mol. The Morgan fingerprint density at radius 2 is 1.95 bits per heavy atom. The number of hydrogen-bond acceptors (Lipinski definition) is 3. The number of benzene rings is 1. The van der Waals surface area contributed by atoms with E-state index in [1.807, 2.05) is 0 Å². The van der Waals surface area contributed by atoms with Gasteiger partial charge in [-0.1, -0.05) is 23.2 Å². The second-order valence-corrected chi connectivity index (χ2v) is 5.91. The van der Waals surface area contributed by atoms with Gasteiger partial charge in [-0.15, -0.1) is 0 Å². The van der Waals surface area contributed by atoms with Crippen molar-refractivity contribution in [1.82, 2.24) is 9.80 Å². The fourth-order valence-electron chi connectivity index (χ4n) is 2.34. The van der Waals surface area contributed by atoms with E-state index in [9.17, 15) is 9.90 Å². The highest BCUT2D eigenvalue weighted by Gasteiger charge is 2.24. The van der Waals surface area contributed by atoms with Gasteiger partial charge in [0.1, 0.15) is 0 Å². The van der Waals surface area contributed by atoms with Crippen molar-refractivity contribution in [1.29, 1.82) is 0 Å². The topological polar surface area (TPSA) is 43.8 Å². The molecule has 1 heterocycles. The van der Waals surface area contributed by atoms with Crippen molar-refractivity contribution in [2.24, 2.45) is 0 Å². The maximum atomic E-state index is 12.4. The maximum Gasteiger partial charge on any atom is 0.255 e. The molecule has 1 saturated heterocycles. The van der Waals surface area contributed by atoms with Crippen LogP contribution in [0.4, 0.5) is 0 Å². The number of piperazine rings is 1. The molecule has 20 heavy (non-hydrogen) atoms. The molecular weight excluding hydrogens is 299 g/mol. The Morgan fingerprint density at radius 1 is 1.30 bits per heavy atom. The van der Waals surface area contributed by atoms with Crippen molar-refractivity contribution in [2.75, 3.05) is 32.7 Å². The number of aliphatic hydroxyl groups excluding tert-OH is 1. The number of carbonyl (C=O) groups is 1. The van der Waals surface area contributed by atoms with Gasteiger partial charge in [0.2, 0.25) is 0 Å². The van der Waals surface area contributed by atoms with E-state index in [0.717, 1.165) is 13.1 Å². The number of carbonyl (C=O) groups excluding carboxylic acids is 1. The van der Waals surface area contributed by atoms with Crippen LogP contribution in [0.2, 0.25) is 10.0 Å². The van der Waals surface area contributed by atoms with Gasteiger partial charge in [-0.2, -0.15) is 0 Å². The summed E-state index contributed by atoms with van der Waals surface area (Å²) in [7, 11) is 0. The lowest BCUT2D eigenvalue weighted by Gasteiger charge is -2.35. The SMILES string of the molecule is CC(O)CN1CCN(C(=O)c2cc(Cl)ccc2Cl)CC1. The van der Waals surface area contributed by atoms with E-state index in [1.54, 1.807) is 30.0 Å². The predicted octanol–water partition coefficient (Wildman–Crippen LogP) is 2.13. The molecular formula is C14H18Cl2N2O2. The van der Waals surface area contributed by atoms with Crippen molar-refractivity contribution in [2.45, 2.75) is 13.0 Å². The highest BCUT2D eigenvalue weighted by molar-refractivity contribution is 6.35. The molecule has 1 amide bonds. The molecule has 0 saturated carbocycles.